The summed E-state index contributed by atoms with van der Waals surface area (Å²) in [6, 6.07) is 0. The van der Waals surface area contributed by atoms with Gasteiger partial charge in [0.2, 0.25) is 0 Å². The second kappa shape index (κ2) is 12.9. The largest absolute Gasteiger partial charge is 0.396 e. The second-order valence-corrected chi connectivity index (χ2v) is 10.3. The SMILES string of the molecule is O=P(O)(Cl)Cl.O=P(O)(Cl)Cl.OCCCCO. The molecular formula is C4H12Cl4O6P2. The highest BCUT2D eigenvalue weighted by Crippen LogP contribution is 2.51. The fraction of sp³-hybridized carbons (Fsp3) is 1.00. The van der Waals surface area contributed by atoms with Crippen molar-refractivity contribution in [3.8, 4) is 0 Å². The first-order valence-corrected chi connectivity index (χ1v) is 10.5. The van der Waals surface area contributed by atoms with Crippen LogP contribution in [-0.4, -0.2) is 33.2 Å². The molecule has 4 N–H and O–H groups in total. The number of rotatable bonds is 3. The summed E-state index contributed by atoms with van der Waals surface area (Å²) in [6.45, 7) is 0.390. The van der Waals surface area contributed by atoms with Crippen LogP contribution in [0.3, 0.4) is 0 Å². The molecule has 0 aromatic rings. The summed E-state index contributed by atoms with van der Waals surface area (Å²) in [4.78, 5) is 15.2. The predicted molar refractivity (Wildman–Crippen MR) is 66.5 cm³/mol. The Labute approximate surface area is 112 Å². The molecule has 0 aliphatic carbocycles. The number of aliphatic hydroxyl groups is 2. The van der Waals surface area contributed by atoms with Crippen molar-refractivity contribution in [3.63, 3.8) is 0 Å². The molecule has 0 bridgehead atoms. The van der Waals surface area contributed by atoms with Crippen LogP contribution in [0, 0.1) is 0 Å². The van der Waals surface area contributed by atoms with Gasteiger partial charge in [0.15, 0.2) is 0 Å². The van der Waals surface area contributed by atoms with Crippen LogP contribution < -0.4 is 0 Å². The molecule has 0 amide bonds. The molecule has 102 valence electrons. The van der Waals surface area contributed by atoms with Gasteiger partial charge in [-0.25, -0.2) is 0 Å². The zero-order chi connectivity index (χ0) is 13.8. The van der Waals surface area contributed by atoms with E-state index in [-0.39, 0.29) is 13.2 Å². The van der Waals surface area contributed by atoms with Gasteiger partial charge in [-0.15, -0.1) is 0 Å². The summed E-state index contributed by atoms with van der Waals surface area (Å²) in [6.07, 6.45) is -5.95. The number of unbranched alkanes of at least 4 members (excludes halogenated alkanes) is 1. The fourth-order valence-electron chi connectivity index (χ4n) is 0.224. The van der Waals surface area contributed by atoms with Gasteiger partial charge < -0.3 is 20.0 Å². The van der Waals surface area contributed by atoms with Gasteiger partial charge in [0, 0.05) is 13.2 Å². The maximum atomic E-state index is 9.30. The molecular weight excluding hydrogens is 348 g/mol. The average Bonchev–Trinajstić information content (AvgIpc) is 1.94. The maximum Gasteiger partial charge on any atom is 0.377 e. The molecule has 0 radical (unpaired) electrons. The first kappa shape index (κ1) is 22.6. The van der Waals surface area contributed by atoms with Crippen molar-refractivity contribution in [3.05, 3.63) is 0 Å². The van der Waals surface area contributed by atoms with Crippen LogP contribution in [0.4, 0.5) is 0 Å². The van der Waals surface area contributed by atoms with E-state index in [4.69, 9.17) is 20.0 Å². The van der Waals surface area contributed by atoms with Gasteiger partial charge in [0.1, 0.15) is 0 Å². The molecule has 0 saturated heterocycles. The molecule has 0 saturated carbocycles. The second-order valence-electron chi connectivity index (χ2n) is 2.02. The van der Waals surface area contributed by atoms with E-state index < -0.39 is 12.1 Å². The zero-order valence-corrected chi connectivity index (χ0v) is 12.7. The van der Waals surface area contributed by atoms with E-state index in [9.17, 15) is 9.13 Å². The van der Waals surface area contributed by atoms with Crippen molar-refractivity contribution < 1.29 is 29.1 Å². The monoisotopic (exact) mass is 358 g/mol. The lowest BCUT2D eigenvalue weighted by Crippen LogP contribution is -1.85. The quantitative estimate of drug-likeness (QED) is 0.455. The summed E-state index contributed by atoms with van der Waals surface area (Å²) in [5.41, 5.74) is 0. The first-order valence-electron chi connectivity index (χ1n) is 3.57. The van der Waals surface area contributed by atoms with E-state index in [1.165, 1.54) is 0 Å². The Balaban J connectivity index is -0.000000160. The van der Waals surface area contributed by atoms with Gasteiger partial charge >= 0.3 is 12.1 Å². The maximum absolute atomic E-state index is 9.30. The Morgan fingerprint density at radius 3 is 0.938 bits per heavy atom. The van der Waals surface area contributed by atoms with E-state index in [0.717, 1.165) is 12.8 Å². The lowest BCUT2D eigenvalue weighted by Gasteiger charge is -1.85. The molecule has 0 heterocycles. The van der Waals surface area contributed by atoms with Gasteiger partial charge in [-0.05, 0) is 57.8 Å². The summed E-state index contributed by atoms with van der Waals surface area (Å²) in [5.74, 6) is 0. The van der Waals surface area contributed by atoms with E-state index in [1.807, 2.05) is 0 Å². The Morgan fingerprint density at radius 1 is 0.750 bits per heavy atom. The van der Waals surface area contributed by atoms with Crippen molar-refractivity contribution in [2.75, 3.05) is 13.2 Å². The van der Waals surface area contributed by atoms with E-state index in [2.05, 4.69) is 45.0 Å². The Bertz CT molecular complexity index is 186. The highest BCUT2D eigenvalue weighted by atomic mass is 35.9. The van der Waals surface area contributed by atoms with Crippen molar-refractivity contribution in [1.82, 2.24) is 0 Å². The highest BCUT2D eigenvalue weighted by molar-refractivity contribution is 8.04. The van der Waals surface area contributed by atoms with Gasteiger partial charge in [-0.2, -0.15) is 0 Å². The van der Waals surface area contributed by atoms with Gasteiger partial charge in [-0.3, -0.25) is 9.13 Å². The molecule has 0 aliphatic rings. The van der Waals surface area contributed by atoms with E-state index >= 15 is 0 Å². The van der Waals surface area contributed by atoms with Crippen LogP contribution in [-0.2, 0) is 9.13 Å². The van der Waals surface area contributed by atoms with Crippen molar-refractivity contribution >= 4 is 57.1 Å². The van der Waals surface area contributed by atoms with Crippen LogP contribution >= 0.6 is 57.1 Å². The van der Waals surface area contributed by atoms with Crippen molar-refractivity contribution in [1.29, 1.82) is 0 Å². The third-order valence-corrected chi connectivity index (χ3v) is 0.566. The smallest absolute Gasteiger partial charge is 0.377 e. The first-order chi connectivity index (χ1) is 6.91. The summed E-state index contributed by atoms with van der Waals surface area (Å²) in [5, 5.41) is 16.2. The molecule has 0 aliphatic heterocycles. The normalized spacial score (nSPS) is 10.8. The topological polar surface area (TPSA) is 115 Å². The third-order valence-electron chi connectivity index (χ3n) is 0.566. The number of hydrogen-bond donors (Lipinski definition) is 4. The Hall–Kier alpha value is 1.46. The molecule has 0 fully saturated rings. The molecule has 12 heteroatoms. The minimum Gasteiger partial charge on any atom is -0.396 e. The molecule has 0 atom stereocenters. The van der Waals surface area contributed by atoms with Crippen LogP contribution in [0.2, 0.25) is 0 Å². The number of halogens is 4. The van der Waals surface area contributed by atoms with Crippen LogP contribution in [0.1, 0.15) is 12.8 Å². The lowest BCUT2D eigenvalue weighted by atomic mass is 10.3. The summed E-state index contributed by atoms with van der Waals surface area (Å²) < 4.78 is 18.6. The molecule has 0 aromatic heterocycles. The average molecular weight is 360 g/mol. The van der Waals surface area contributed by atoms with Crippen LogP contribution in [0.25, 0.3) is 0 Å². The Morgan fingerprint density at radius 2 is 0.875 bits per heavy atom. The molecule has 0 aromatic carbocycles. The minimum absolute atomic E-state index is 0.195. The molecule has 0 spiro atoms. The number of hydrogen-bond acceptors (Lipinski definition) is 4. The van der Waals surface area contributed by atoms with Gasteiger partial charge in [0.05, 0.1) is 0 Å². The summed E-state index contributed by atoms with van der Waals surface area (Å²) in [7, 11) is 0. The fourth-order valence-corrected chi connectivity index (χ4v) is 0.224. The van der Waals surface area contributed by atoms with E-state index in [0.29, 0.717) is 0 Å². The van der Waals surface area contributed by atoms with Crippen LogP contribution in [0.15, 0.2) is 0 Å². The standard InChI is InChI=1S/C4H10O2.2Cl2HO2P/c5-3-1-2-4-6;2*1-5(2,3)4/h5-6H,1-4H2;2*(H,3,4). The predicted octanol–water partition coefficient (Wildman–Crippen LogP) is 2.88. The minimum atomic E-state index is -3.69. The van der Waals surface area contributed by atoms with Crippen molar-refractivity contribution in [2.24, 2.45) is 0 Å². The van der Waals surface area contributed by atoms with Crippen molar-refractivity contribution in [2.45, 2.75) is 12.8 Å². The molecule has 0 rings (SSSR count). The summed E-state index contributed by atoms with van der Waals surface area (Å²) >= 11 is 17.6. The molecule has 0 unspecified atom stereocenters. The molecule has 6 nitrogen and oxygen atoms in total. The lowest BCUT2D eigenvalue weighted by molar-refractivity contribution is 0.242. The van der Waals surface area contributed by atoms with E-state index in [1.54, 1.807) is 0 Å². The Kier molecular flexibility index (Phi) is 18.2. The number of aliphatic hydroxyl groups excluding tert-OH is 2. The van der Waals surface area contributed by atoms with Gasteiger partial charge in [-0.1, -0.05) is 0 Å². The zero-order valence-electron chi connectivity index (χ0n) is 7.84. The van der Waals surface area contributed by atoms with Gasteiger partial charge in [0.25, 0.3) is 0 Å². The highest BCUT2D eigenvalue weighted by Gasteiger charge is 2.02. The van der Waals surface area contributed by atoms with Crippen LogP contribution in [0.5, 0.6) is 0 Å². The molecule has 16 heavy (non-hydrogen) atoms. The third kappa shape index (κ3) is 163.